The molecule has 0 unspecified atom stereocenters. The molecule has 4 rings (SSSR count). The van der Waals surface area contributed by atoms with Gasteiger partial charge in [-0.25, -0.2) is 0 Å². The minimum absolute atomic E-state index is 0.0429. The van der Waals surface area contributed by atoms with Crippen molar-refractivity contribution in [2.45, 2.75) is 30.6 Å². The molecule has 0 aromatic heterocycles. The van der Waals surface area contributed by atoms with Crippen LogP contribution < -0.4 is 5.32 Å². The first-order valence-corrected chi connectivity index (χ1v) is 10.7. The van der Waals surface area contributed by atoms with Crippen LogP contribution in [0.15, 0.2) is 52.3 Å². The number of nitrogens with one attached hydrogen (secondary N) is 1. The summed E-state index contributed by atoms with van der Waals surface area (Å²) in [6.07, 6.45) is 6.27. The minimum Gasteiger partial charge on any atom is -0.339 e. The molecule has 1 fully saturated rings. The summed E-state index contributed by atoms with van der Waals surface area (Å²) < 4.78 is 0. The maximum atomic E-state index is 12.8. The fourth-order valence-electron chi connectivity index (χ4n) is 3.48. The van der Waals surface area contributed by atoms with Gasteiger partial charge in [0.2, 0.25) is 0 Å². The first kappa shape index (κ1) is 19.1. The number of thioether (sulfide) groups is 1. The number of halogens is 1. The number of likely N-dealkylation sites (tertiary alicyclic amines) is 1. The van der Waals surface area contributed by atoms with Gasteiger partial charge in [-0.2, -0.15) is 0 Å². The third-order valence-electron chi connectivity index (χ3n) is 5.00. The van der Waals surface area contributed by atoms with Crippen molar-refractivity contribution in [3.05, 3.63) is 63.5 Å². The zero-order chi connectivity index (χ0) is 19.5. The average Bonchev–Trinajstić information content (AvgIpc) is 2.99. The Kier molecular flexibility index (Phi) is 5.74. The Hall–Kier alpha value is -2.24. The molecule has 6 heteroatoms. The van der Waals surface area contributed by atoms with Crippen molar-refractivity contribution in [2.24, 2.45) is 0 Å². The Morgan fingerprint density at radius 1 is 1.07 bits per heavy atom. The Morgan fingerprint density at radius 3 is 2.57 bits per heavy atom. The molecule has 2 aliphatic rings. The molecule has 0 radical (unpaired) electrons. The molecular weight excluding hydrogens is 392 g/mol. The van der Waals surface area contributed by atoms with Crippen LogP contribution in [0.5, 0.6) is 0 Å². The van der Waals surface area contributed by atoms with E-state index >= 15 is 0 Å². The topological polar surface area (TPSA) is 49.4 Å². The van der Waals surface area contributed by atoms with Gasteiger partial charge in [-0.05, 0) is 48.7 Å². The van der Waals surface area contributed by atoms with Gasteiger partial charge >= 0.3 is 0 Å². The van der Waals surface area contributed by atoms with Gasteiger partial charge in [0, 0.05) is 28.6 Å². The summed E-state index contributed by atoms with van der Waals surface area (Å²) in [4.78, 5) is 28.8. The number of rotatable bonds is 2. The molecule has 1 saturated heterocycles. The van der Waals surface area contributed by atoms with Gasteiger partial charge < -0.3 is 10.2 Å². The van der Waals surface area contributed by atoms with Crippen LogP contribution in [-0.2, 0) is 4.79 Å². The lowest BCUT2D eigenvalue weighted by Gasteiger charge is -2.23. The van der Waals surface area contributed by atoms with Crippen molar-refractivity contribution < 1.29 is 9.59 Å². The van der Waals surface area contributed by atoms with Gasteiger partial charge in [0.15, 0.2) is 0 Å². The molecule has 2 aliphatic heterocycles. The molecule has 144 valence electrons. The second-order valence-electron chi connectivity index (χ2n) is 7.00. The summed E-state index contributed by atoms with van der Waals surface area (Å²) in [6, 6.07) is 13.0. The van der Waals surface area contributed by atoms with E-state index in [4.69, 9.17) is 11.6 Å². The predicted molar refractivity (Wildman–Crippen MR) is 115 cm³/mol. The van der Waals surface area contributed by atoms with E-state index in [0.717, 1.165) is 36.4 Å². The van der Waals surface area contributed by atoms with Crippen molar-refractivity contribution in [3.63, 3.8) is 0 Å². The van der Waals surface area contributed by atoms with E-state index in [1.165, 1.54) is 24.6 Å². The molecule has 0 aliphatic carbocycles. The molecule has 0 atom stereocenters. The number of fused-ring (bicyclic) bond motifs is 1. The maximum Gasteiger partial charge on any atom is 0.262 e. The molecule has 4 nitrogen and oxygen atoms in total. The van der Waals surface area contributed by atoms with E-state index < -0.39 is 0 Å². The molecule has 2 amide bonds. The molecule has 28 heavy (non-hydrogen) atoms. The third kappa shape index (κ3) is 4.10. The third-order valence-corrected chi connectivity index (χ3v) is 6.45. The maximum absolute atomic E-state index is 12.8. The van der Waals surface area contributed by atoms with Crippen LogP contribution in [0.2, 0.25) is 5.02 Å². The quantitative estimate of drug-likeness (QED) is 0.668. The molecule has 1 N–H and O–H groups in total. The van der Waals surface area contributed by atoms with Crippen LogP contribution in [0, 0.1) is 0 Å². The minimum atomic E-state index is -0.184. The van der Waals surface area contributed by atoms with Crippen molar-refractivity contribution in [1.82, 2.24) is 4.90 Å². The Bertz CT molecular complexity index is 949. The van der Waals surface area contributed by atoms with E-state index in [0.29, 0.717) is 21.2 Å². The average molecular weight is 413 g/mol. The fraction of sp³-hybridized carbons (Fsp3) is 0.273. The molecule has 2 aromatic rings. The zero-order valence-electron chi connectivity index (χ0n) is 15.4. The monoisotopic (exact) mass is 412 g/mol. The van der Waals surface area contributed by atoms with Crippen LogP contribution in [0.25, 0.3) is 6.08 Å². The number of nitrogens with zero attached hydrogens (tertiary/aromatic N) is 1. The summed E-state index contributed by atoms with van der Waals surface area (Å²) in [5, 5.41) is 3.52. The smallest absolute Gasteiger partial charge is 0.262 e. The highest BCUT2D eigenvalue weighted by atomic mass is 35.5. The number of amides is 2. The highest BCUT2D eigenvalue weighted by Crippen LogP contribution is 2.40. The molecule has 0 bridgehead atoms. The molecule has 0 spiro atoms. The van der Waals surface area contributed by atoms with Gasteiger partial charge in [0.25, 0.3) is 11.8 Å². The van der Waals surface area contributed by atoms with Crippen LogP contribution in [0.1, 0.15) is 41.6 Å². The molecular formula is C22H21ClN2O2S. The number of hydrogen-bond acceptors (Lipinski definition) is 3. The number of carbonyl (C=O) groups excluding carboxylic acids is 2. The van der Waals surface area contributed by atoms with Crippen LogP contribution >= 0.6 is 23.4 Å². The predicted octanol–water partition coefficient (Wildman–Crippen LogP) is 5.44. The molecule has 0 saturated carbocycles. The van der Waals surface area contributed by atoms with Crippen molar-refractivity contribution in [1.29, 1.82) is 0 Å². The summed E-state index contributed by atoms with van der Waals surface area (Å²) in [7, 11) is 0. The van der Waals surface area contributed by atoms with Crippen molar-refractivity contribution >= 4 is 46.9 Å². The SMILES string of the molecule is O=C1Nc2cc(C(=O)N3CCCCCC3)ccc2SC1=Cc1ccccc1Cl. The van der Waals surface area contributed by atoms with Gasteiger partial charge in [0.1, 0.15) is 0 Å². The van der Waals surface area contributed by atoms with E-state index in [-0.39, 0.29) is 11.8 Å². The first-order valence-electron chi connectivity index (χ1n) is 9.50. The van der Waals surface area contributed by atoms with Gasteiger partial charge in [-0.15, -0.1) is 0 Å². The standard InChI is InChI=1S/C22H21ClN2O2S/c23-17-8-4-3-7-15(17)14-20-21(26)24-18-13-16(9-10-19(18)28-20)22(27)25-11-5-1-2-6-12-25/h3-4,7-10,13-14H,1-2,5-6,11-12H2,(H,24,26). The Morgan fingerprint density at radius 2 is 1.82 bits per heavy atom. The van der Waals surface area contributed by atoms with Crippen LogP contribution in [0.3, 0.4) is 0 Å². The van der Waals surface area contributed by atoms with E-state index in [1.54, 1.807) is 18.2 Å². The van der Waals surface area contributed by atoms with Gasteiger partial charge in [-0.1, -0.05) is 54.4 Å². The van der Waals surface area contributed by atoms with Crippen molar-refractivity contribution in [2.75, 3.05) is 18.4 Å². The van der Waals surface area contributed by atoms with Crippen molar-refractivity contribution in [3.8, 4) is 0 Å². The second kappa shape index (κ2) is 8.41. The summed E-state index contributed by atoms with van der Waals surface area (Å²) in [6.45, 7) is 1.61. The van der Waals surface area contributed by atoms with E-state index in [1.807, 2.05) is 35.2 Å². The number of carbonyl (C=O) groups is 2. The lowest BCUT2D eigenvalue weighted by molar-refractivity contribution is -0.112. The summed E-state index contributed by atoms with van der Waals surface area (Å²) >= 11 is 7.60. The summed E-state index contributed by atoms with van der Waals surface area (Å²) in [5.74, 6) is -0.141. The van der Waals surface area contributed by atoms with Crippen LogP contribution in [-0.4, -0.2) is 29.8 Å². The summed E-state index contributed by atoms with van der Waals surface area (Å²) in [5.41, 5.74) is 2.12. The normalized spacial score (nSPS) is 18.4. The lowest BCUT2D eigenvalue weighted by atomic mass is 10.1. The first-order chi connectivity index (χ1) is 13.6. The Labute approximate surface area is 173 Å². The largest absolute Gasteiger partial charge is 0.339 e. The number of anilines is 1. The zero-order valence-corrected chi connectivity index (χ0v) is 17.0. The second-order valence-corrected chi connectivity index (χ2v) is 8.49. The van der Waals surface area contributed by atoms with Crippen LogP contribution in [0.4, 0.5) is 5.69 Å². The number of hydrogen-bond donors (Lipinski definition) is 1. The van der Waals surface area contributed by atoms with E-state index in [9.17, 15) is 9.59 Å². The highest BCUT2D eigenvalue weighted by Gasteiger charge is 2.24. The molecule has 2 heterocycles. The van der Waals surface area contributed by atoms with E-state index in [2.05, 4.69) is 5.32 Å². The lowest BCUT2D eigenvalue weighted by Crippen LogP contribution is -2.32. The molecule has 2 aromatic carbocycles. The fourth-order valence-corrected chi connectivity index (χ4v) is 4.60. The highest BCUT2D eigenvalue weighted by molar-refractivity contribution is 8.04. The number of benzene rings is 2. The van der Waals surface area contributed by atoms with Gasteiger partial charge in [0.05, 0.1) is 10.6 Å². The Balaban J connectivity index is 1.57. The van der Waals surface area contributed by atoms with Gasteiger partial charge in [-0.3, -0.25) is 9.59 Å².